The van der Waals surface area contributed by atoms with Crippen molar-refractivity contribution in [3.8, 4) is 0 Å². The van der Waals surface area contributed by atoms with Crippen molar-refractivity contribution in [2.24, 2.45) is 5.41 Å². The van der Waals surface area contributed by atoms with E-state index in [0.717, 1.165) is 17.2 Å². The fourth-order valence-corrected chi connectivity index (χ4v) is 2.88. The summed E-state index contributed by atoms with van der Waals surface area (Å²) in [6, 6.07) is 10.3. The van der Waals surface area contributed by atoms with Crippen LogP contribution in [-0.2, 0) is 15.8 Å². The highest BCUT2D eigenvalue weighted by atomic mass is 19.4. The van der Waals surface area contributed by atoms with Crippen molar-refractivity contribution >= 4 is 23.2 Å². The molecule has 142 valence electrons. The Bertz CT molecular complexity index is 902. The van der Waals surface area contributed by atoms with E-state index in [2.05, 4.69) is 10.6 Å². The molecule has 0 atom stereocenters. The number of carbonyl (C=O) groups is 2. The molecule has 0 radical (unpaired) electrons. The number of alkyl halides is 3. The summed E-state index contributed by atoms with van der Waals surface area (Å²) in [5.74, 6) is -1.22. The Morgan fingerprint density at radius 1 is 0.926 bits per heavy atom. The van der Waals surface area contributed by atoms with Crippen molar-refractivity contribution in [3.05, 3.63) is 59.2 Å². The molecule has 2 aromatic carbocycles. The second-order valence-electron chi connectivity index (χ2n) is 6.85. The van der Waals surface area contributed by atoms with Crippen molar-refractivity contribution in [2.75, 3.05) is 10.6 Å². The van der Waals surface area contributed by atoms with Crippen molar-refractivity contribution < 1.29 is 22.8 Å². The molecule has 0 bridgehead atoms. The van der Waals surface area contributed by atoms with Gasteiger partial charge in [0.15, 0.2) is 0 Å². The van der Waals surface area contributed by atoms with Gasteiger partial charge in [-0.1, -0.05) is 24.3 Å². The molecular formula is C20H19F3N2O2. The Morgan fingerprint density at radius 2 is 1.52 bits per heavy atom. The largest absolute Gasteiger partial charge is 0.418 e. The average Bonchev–Trinajstić information content (AvgIpc) is 3.39. The van der Waals surface area contributed by atoms with Crippen LogP contribution in [0, 0.1) is 19.3 Å². The van der Waals surface area contributed by atoms with Gasteiger partial charge in [-0.15, -0.1) is 0 Å². The molecule has 1 saturated carbocycles. The van der Waals surface area contributed by atoms with E-state index in [4.69, 9.17) is 0 Å². The molecule has 0 unspecified atom stereocenters. The van der Waals surface area contributed by atoms with Gasteiger partial charge in [-0.2, -0.15) is 13.2 Å². The zero-order chi connectivity index (χ0) is 19.8. The van der Waals surface area contributed by atoms with Crippen molar-refractivity contribution in [3.63, 3.8) is 0 Å². The minimum atomic E-state index is -4.60. The lowest BCUT2D eigenvalue weighted by Crippen LogP contribution is -2.36. The lowest BCUT2D eigenvalue weighted by Gasteiger charge is -2.19. The van der Waals surface area contributed by atoms with E-state index < -0.39 is 29.0 Å². The first-order valence-electron chi connectivity index (χ1n) is 8.50. The summed E-state index contributed by atoms with van der Waals surface area (Å²) in [4.78, 5) is 25.3. The number of aryl methyl sites for hydroxylation is 2. The molecule has 0 saturated heterocycles. The molecule has 2 N–H and O–H groups in total. The quantitative estimate of drug-likeness (QED) is 0.762. The van der Waals surface area contributed by atoms with E-state index in [9.17, 15) is 22.8 Å². The Labute approximate surface area is 154 Å². The van der Waals surface area contributed by atoms with Crippen molar-refractivity contribution in [2.45, 2.75) is 32.9 Å². The number of hydrogen-bond donors (Lipinski definition) is 2. The van der Waals surface area contributed by atoms with E-state index in [1.807, 2.05) is 26.0 Å². The predicted molar refractivity (Wildman–Crippen MR) is 96.3 cm³/mol. The first-order valence-corrected chi connectivity index (χ1v) is 8.50. The molecule has 0 heterocycles. The van der Waals surface area contributed by atoms with Gasteiger partial charge >= 0.3 is 6.18 Å². The van der Waals surface area contributed by atoms with Crippen LogP contribution in [0.4, 0.5) is 24.5 Å². The van der Waals surface area contributed by atoms with Gasteiger partial charge < -0.3 is 10.6 Å². The Morgan fingerprint density at radius 3 is 2.11 bits per heavy atom. The normalized spacial score (nSPS) is 15.1. The first-order chi connectivity index (χ1) is 12.6. The number of halogens is 3. The lowest BCUT2D eigenvalue weighted by atomic mass is 10.0. The molecule has 27 heavy (non-hydrogen) atoms. The van der Waals surface area contributed by atoms with Gasteiger partial charge in [0, 0.05) is 5.69 Å². The maximum Gasteiger partial charge on any atom is 0.418 e. The highest BCUT2D eigenvalue weighted by molar-refractivity contribution is 6.17. The summed E-state index contributed by atoms with van der Waals surface area (Å²) in [6.45, 7) is 3.71. The van der Waals surface area contributed by atoms with Gasteiger partial charge in [-0.3, -0.25) is 9.59 Å². The average molecular weight is 376 g/mol. The highest BCUT2D eigenvalue weighted by Crippen LogP contribution is 2.48. The number of rotatable bonds is 4. The number of hydrogen-bond acceptors (Lipinski definition) is 2. The van der Waals surface area contributed by atoms with Crippen LogP contribution in [0.3, 0.4) is 0 Å². The number of benzene rings is 2. The molecule has 1 aliphatic rings. The summed E-state index contributed by atoms with van der Waals surface area (Å²) in [5, 5.41) is 5.04. The smallest absolute Gasteiger partial charge is 0.325 e. The summed E-state index contributed by atoms with van der Waals surface area (Å²) < 4.78 is 39.3. The fraction of sp³-hybridized carbons (Fsp3) is 0.300. The molecule has 2 aromatic rings. The Balaban J connectivity index is 1.79. The third-order valence-corrected chi connectivity index (χ3v) is 4.74. The summed E-state index contributed by atoms with van der Waals surface area (Å²) in [7, 11) is 0. The van der Waals surface area contributed by atoms with E-state index in [0.29, 0.717) is 18.5 Å². The first kappa shape index (κ1) is 18.9. The number of amides is 2. The minimum Gasteiger partial charge on any atom is -0.325 e. The zero-order valence-corrected chi connectivity index (χ0v) is 14.9. The highest BCUT2D eigenvalue weighted by Gasteiger charge is 2.57. The van der Waals surface area contributed by atoms with Gasteiger partial charge in [-0.05, 0) is 56.0 Å². The lowest BCUT2D eigenvalue weighted by molar-refractivity contribution is -0.137. The second-order valence-corrected chi connectivity index (χ2v) is 6.85. The molecule has 0 spiro atoms. The summed E-state index contributed by atoms with van der Waals surface area (Å²) in [5.41, 5.74) is -0.244. The van der Waals surface area contributed by atoms with Crippen LogP contribution in [0.5, 0.6) is 0 Å². The second kappa shape index (κ2) is 6.72. The van der Waals surface area contributed by atoms with Crippen molar-refractivity contribution in [1.29, 1.82) is 0 Å². The van der Waals surface area contributed by atoms with Crippen LogP contribution in [0.1, 0.15) is 29.5 Å². The number of para-hydroxylation sites is 1. The van der Waals surface area contributed by atoms with Crippen LogP contribution in [0.2, 0.25) is 0 Å². The molecule has 4 nitrogen and oxygen atoms in total. The maximum absolute atomic E-state index is 13.1. The van der Waals surface area contributed by atoms with Gasteiger partial charge in [0.05, 0.1) is 11.3 Å². The van der Waals surface area contributed by atoms with Crippen LogP contribution in [0.25, 0.3) is 0 Å². The van der Waals surface area contributed by atoms with Gasteiger partial charge in [0.2, 0.25) is 11.8 Å². The van der Waals surface area contributed by atoms with Gasteiger partial charge in [0.25, 0.3) is 0 Å². The van der Waals surface area contributed by atoms with Crippen molar-refractivity contribution in [1.82, 2.24) is 0 Å². The van der Waals surface area contributed by atoms with E-state index in [1.54, 1.807) is 6.07 Å². The monoisotopic (exact) mass is 376 g/mol. The van der Waals surface area contributed by atoms with Crippen LogP contribution in [0.15, 0.2) is 42.5 Å². The molecule has 1 fully saturated rings. The van der Waals surface area contributed by atoms with Gasteiger partial charge in [0.1, 0.15) is 5.41 Å². The number of anilines is 2. The van der Waals surface area contributed by atoms with Crippen LogP contribution >= 0.6 is 0 Å². The van der Waals surface area contributed by atoms with E-state index in [1.165, 1.54) is 18.2 Å². The Hall–Kier alpha value is -2.83. The third-order valence-electron chi connectivity index (χ3n) is 4.74. The van der Waals surface area contributed by atoms with Crippen LogP contribution in [-0.4, -0.2) is 11.8 Å². The maximum atomic E-state index is 13.1. The SMILES string of the molecule is Cc1ccc(C)c(NC(=O)C2(C(=O)Nc3ccccc3C(F)(F)F)CC2)c1. The molecule has 0 aromatic heterocycles. The summed E-state index contributed by atoms with van der Waals surface area (Å²) >= 11 is 0. The molecule has 7 heteroatoms. The zero-order valence-electron chi connectivity index (χ0n) is 14.9. The Kier molecular flexibility index (Phi) is 4.71. The fourth-order valence-electron chi connectivity index (χ4n) is 2.88. The number of carbonyl (C=O) groups excluding carboxylic acids is 2. The topological polar surface area (TPSA) is 58.2 Å². The minimum absolute atomic E-state index is 0.295. The van der Waals surface area contributed by atoms with Crippen LogP contribution < -0.4 is 10.6 Å². The van der Waals surface area contributed by atoms with Gasteiger partial charge in [-0.25, -0.2) is 0 Å². The van der Waals surface area contributed by atoms with E-state index in [-0.39, 0.29) is 5.69 Å². The predicted octanol–water partition coefficient (Wildman–Crippen LogP) is 4.68. The number of nitrogens with one attached hydrogen (secondary N) is 2. The third kappa shape index (κ3) is 3.82. The molecular weight excluding hydrogens is 357 g/mol. The molecule has 0 aliphatic heterocycles. The standard InChI is InChI=1S/C20H19F3N2O2/c1-12-7-8-13(2)16(11-12)25-18(27)19(9-10-19)17(26)24-15-6-4-3-5-14(15)20(21,22)23/h3-8,11H,9-10H2,1-2H3,(H,24,26)(H,25,27). The molecule has 2 amide bonds. The van der Waals surface area contributed by atoms with E-state index >= 15 is 0 Å². The molecule has 3 rings (SSSR count). The molecule has 1 aliphatic carbocycles. The summed E-state index contributed by atoms with van der Waals surface area (Å²) in [6.07, 6.45) is -4.01.